The number of ketones is 1. The third-order valence-electron chi connectivity index (χ3n) is 4.67. The number of ether oxygens (including phenoxy) is 1. The van der Waals surface area contributed by atoms with Gasteiger partial charge in [0.2, 0.25) is 5.72 Å². The van der Waals surface area contributed by atoms with Gasteiger partial charge in [0.1, 0.15) is 11.7 Å². The molecule has 5 nitrogen and oxygen atoms in total. The number of methoxy groups -OCH3 is 1. The van der Waals surface area contributed by atoms with E-state index in [2.05, 4.69) is 5.32 Å². The summed E-state index contributed by atoms with van der Waals surface area (Å²) in [7, 11) is 1.42. The zero-order valence-electron chi connectivity index (χ0n) is 15.0. The molecule has 3 unspecified atom stereocenters. The lowest BCUT2D eigenvalue weighted by molar-refractivity contribution is -0.285. The van der Waals surface area contributed by atoms with Gasteiger partial charge in [-0.05, 0) is 54.2 Å². The number of halogens is 4. The van der Waals surface area contributed by atoms with E-state index in [9.17, 15) is 23.1 Å². The molecule has 0 spiro atoms. The first-order valence-corrected chi connectivity index (χ1v) is 9.17. The van der Waals surface area contributed by atoms with Crippen LogP contribution in [0.25, 0.3) is 0 Å². The molecule has 3 atom stereocenters. The molecule has 1 saturated heterocycles. The van der Waals surface area contributed by atoms with Crippen molar-refractivity contribution >= 4 is 34.7 Å². The Hall–Kier alpha value is -2.36. The molecule has 1 aliphatic heterocycles. The van der Waals surface area contributed by atoms with Crippen molar-refractivity contribution in [1.29, 1.82) is 0 Å². The van der Waals surface area contributed by atoms with Crippen molar-refractivity contribution in [3.05, 3.63) is 64.7 Å². The highest BCUT2D eigenvalue weighted by Crippen LogP contribution is 2.44. The standard InChI is InChI=1S/C19H16ClF3N2O3S/c1-28-13-7-5-10(6-8-13)16(26)14-15(11-3-2-4-12(20)9-11)24-17(29)25-18(14,27)19(21,22)23/h2-9,14-15,27H,1H3,(H2,24,25,29). The number of alkyl halides is 3. The summed E-state index contributed by atoms with van der Waals surface area (Å²) in [5.74, 6) is -2.49. The second-order valence-corrected chi connectivity index (χ2v) is 7.31. The van der Waals surface area contributed by atoms with Crippen LogP contribution in [0.2, 0.25) is 5.02 Å². The SMILES string of the molecule is COc1ccc(C(=O)C2C(c3cccc(Cl)c3)NC(=S)NC2(O)C(F)(F)F)cc1. The minimum atomic E-state index is -5.19. The third kappa shape index (κ3) is 4.03. The van der Waals surface area contributed by atoms with Crippen LogP contribution in [0.3, 0.4) is 0 Å². The van der Waals surface area contributed by atoms with Gasteiger partial charge < -0.3 is 20.5 Å². The molecule has 0 aromatic heterocycles. The van der Waals surface area contributed by atoms with Gasteiger partial charge in [0.15, 0.2) is 10.9 Å². The zero-order valence-corrected chi connectivity index (χ0v) is 16.5. The smallest absolute Gasteiger partial charge is 0.437 e. The maximum atomic E-state index is 13.9. The number of hydrogen-bond donors (Lipinski definition) is 3. The number of benzene rings is 2. The Morgan fingerprint density at radius 3 is 2.45 bits per heavy atom. The van der Waals surface area contributed by atoms with Gasteiger partial charge in [0.25, 0.3) is 0 Å². The summed E-state index contributed by atoms with van der Waals surface area (Å²) < 4.78 is 46.8. The highest BCUT2D eigenvalue weighted by molar-refractivity contribution is 7.80. The van der Waals surface area contributed by atoms with Gasteiger partial charge in [0, 0.05) is 10.6 Å². The summed E-state index contributed by atoms with van der Waals surface area (Å²) in [4.78, 5) is 13.2. The fourth-order valence-electron chi connectivity index (χ4n) is 3.25. The Morgan fingerprint density at radius 2 is 1.90 bits per heavy atom. The molecule has 1 fully saturated rings. The lowest BCUT2D eigenvalue weighted by atomic mass is 9.77. The lowest BCUT2D eigenvalue weighted by Gasteiger charge is -2.46. The third-order valence-corrected chi connectivity index (χ3v) is 5.13. The van der Waals surface area contributed by atoms with E-state index in [1.165, 1.54) is 49.6 Å². The molecule has 0 aliphatic carbocycles. The minimum Gasteiger partial charge on any atom is -0.497 e. The van der Waals surface area contributed by atoms with Gasteiger partial charge in [-0.1, -0.05) is 23.7 Å². The van der Waals surface area contributed by atoms with Crippen LogP contribution >= 0.6 is 23.8 Å². The van der Waals surface area contributed by atoms with Crippen molar-refractivity contribution in [2.24, 2.45) is 5.92 Å². The van der Waals surface area contributed by atoms with Crippen LogP contribution in [-0.4, -0.2) is 35.0 Å². The molecule has 29 heavy (non-hydrogen) atoms. The molecular formula is C19H16ClF3N2O3S. The van der Waals surface area contributed by atoms with E-state index in [0.29, 0.717) is 5.75 Å². The van der Waals surface area contributed by atoms with Crippen molar-refractivity contribution < 1.29 is 27.8 Å². The number of rotatable bonds is 4. The first-order chi connectivity index (χ1) is 13.6. The fourth-order valence-corrected chi connectivity index (χ4v) is 3.73. The van der Waals surface area contributed by atoms with Gasteiger partial charge >= 0.3 is 6.18 Å². The first-order valence-electron chi connectivity index (χ1n) is 8.38. The number of Topliss-reactive ketones (excluding diaryl/α,β-unsaturated/α-hetero) is 1. The molecule has 1 aliphatic rings. The molecule has 0 bridgehead atoms. The first kappa shape index (κ1) is 21.4. The number of nitrogens with one attached hydrogen (secondary N) is 2. The summed E-state index contributed by atoms with van der Waals surface area (Å²) in [5.41, 5.74) is -3.34. The van der Waals surface area contributed by atoms with Crippen LogP contribution < -0.4 is 15.4 Å². The number of carbonyl (C=O) groups excluding carboxylic acids is 1. The molecule has 10 heteroatoms. The van der Waals surface area contributed by atoms with Crippen LogP contribution in [-0.2, 0) is 0 Å². The molecule has 0 amide bonds. The Morgan fingerprint density at radius 1 is 1.24 bits per heavy atom. The van der Waals surface area contributed by atoms with Gasteiger partial charge in [-0.3, -0.25) is 4.79 Å². The highest BCUT2D eigenvalue weighted by Gasteiger charge is 2.65. The Kier molecular flexibility index (Phi) is 5.75. The van der Waals surface area contributed by atoms with E-state index < -0.39 is 34.8 Å². The van der Waals surface area contributed by atoms with E-state index in [1.807, 2.05) is 5.32 Å². The predicted octanol–water partition coefficient (Wildman–Crippen LogP) is 3.62. The van der Waals surface area contributed by atoms with Crippen molar-refractivity contribution in [2.45, 2.75) is 17.9 Å². The topological polar surface area (TPSA) is 70.6 Å². The predicted molar refractivity (Wildman–Crippen MR) is 105 cm³/mol. The summed E-state index contributed by atoms with van der Waals surface area (Å²) in [6.07, 6.45) is -5.19. The molecule has 0 saturated carbocycles. The Labute approximate surface area is 174 Å². The maximum absolute atomic E-state index is 13.9. The molecule has 2 aromatic rings. The maximum Gasteiger partial charge on any atom is 0.437 e. The van der Waals surface area contributed by atoms with Crippen molar-refractivity contribution in [2.75, 3.05) is 7.11 Å². The average Bonchev–Trinajstić information content (AvgIpc) is 2.66. The normalized spacial score (nSPS) is 24.4. The van der Waals surface area contributed by atoms with E-state index >= 15 is 0 Å². The van der Waals surface area contributed by atoms with E-state index in [-0.39, 0.29) is 16.1 Å². The van der Waals surface area contributed by atoms with E-state index in [4.69, 9.17) is 28.6 Å². The van der Waals surface area contributed by atoms with Gasteiger partial charge in [0.05, 0.1) is 13.2 Å². The van der Waals surface area contributed by atoms with E-state index in [0.717, 1.165) is 0 Å². The van der Waals surface area contributed by atoms with Crippen LogP contribution in [0.1, 0.15) is 22.0 Å². The Bertz CT molecular complexity index is 939. The van der Waals surface area contributed by atoms with Crippen LogP contribution in [0.15, 0.2) is 48.5 Å². The molecule has 3 rings (SSSR count). The Balaban J connectivity index is 2.14. The van der Waals surface area contributed by atoms with Crippen LogP contribution in [0.4, 0.5) is 13.2 Å². The zero-order chi connectivity index (χ0) is 21.4. The number of carbonyl (C=O) groups is 1. The number of aliphatic hydroxyl groups is 1. The monoisotopic (exact) mass is 444 g/mol. The van der Waals surface area contributed by atoms with Crippen molar-refractivity contribution in [3.8, 4) is 5.75 Å². The molecule has 1 heterocycles. The largest absolute Gasteiger partial charge is 0.497 e. The second-order valence-electron chi connectivity index (χ2n) is 6.47. The van der Waals surface area contributed by atoms with Crippen molar-refractivity contribution in [1.82, 2.24) is 10.6 Å². The van der Waals surface area contributed by atoms with E-state index in [1.54, 1.807) is 6.07 Å². The number of thiocarbonyl (C=S) groups is 1. The van der Waals surface area contributed by atoms with Gasteiger partial charge in [-0.15, -0.1) is 0 Å². The van der Waals surface area contributed by atoms with Crippen molar-refractivity contribution in [3.63, 3.8) is 0 Å². The number of hydrogen-bond acceptors (Lipinski definition) is 4. The highest BCUT2D eigenvalue weighted by atomic mass is 35.5. The molecule has 0 radical (unpaired) electrons. The quantitative estimate of drug-likeness (QED) is 0.494. The molecule has 3 N–H and O–H groups in total. The molecule has 2 aromatic carbocycles. The summed E-state index contributed by atoms with van der Waals surface area (Å²) >= 11 is 10.9. The summed E-state index contributed by atoms with van der Waals surface area (Å²) in [5, 5.41) is 15.0. The summed E-state index contributed by atoms with van der Waals surface area (Å²) in [6, 6.07) is 10.3. The van der Waals surface area contributed by atoms with Crippen LogP contribution in [0.5, 0.6) is 5.75 Å². The van der Waals surface area contributed by atoms with Gasteiger partial charge in [-0.2, -0.15) is 13.2 Å². The lowest BCUT2D eigenvalue weighted by Crippen LogP contribution is -2.72. The molecule has 154 valence electrons. The second kappa shape index (κ2) is 7.81. The fraction of sp³-hybridized carbons (Fsp3) is 0.263. The van der Waals surface area contributed by atoms with Gasteiger partial charge in [-0.25, -0.2) is 0 Å². The van der Waals surface area contributed by atoms with Crippen LogP contribution in [0, 0.1) is 5.92 Å². The molecular weight excluding hydrogens is 429 g/mol. The summed E-state index contributed by atoms with van der Waals surface area (Å²) in [6.45, 7) is 0. The average molecular weight is 445 g/mol. The minimum absolute atomic E-state index is 0.0260.